The Kier molecular flexibility index (Phi) is 4.84. The van der Waals surface area contributed by atoms with Gasteiger partial charge in [-0.25, -0.2) is 0 Å². The number of rotatable bonds is 2. The van der Waals surface area contributed by atoms with E-state index in [0.717, 1.165) is 22.0 Å². The summed E-state index contributed by atoms with van der Waals surface area (Å²) in [4.78, 5) is 14.6. The number of halogens is 2. The van der Waals surface area contributed by atoms with Gasteiger partial charge in [-0.05, 0) is 54.0 Å². The van der Waals surface area contributed by atoms with Crippen LogP contribution in [-0.4, -0.2) is 36.5 Å². The lowest BCUT2D eigenvalue weighted by atomic mass is 9.89. The van der Waals surface area contributed by atoms with Gasteiger partial charge in [-0.15, -0.1) is 0 Å². The van der Waals surface area contributed by atoms with Crippen molar-refractivity contribution in [3.05, 3.63) is 32.7 Å². The normalized spacial score (nSPS) is 18.3. The van der Waals surface area contributed by atoms with Crippen molar-refractivity contribution in [2.75, 3.05) is 20.1 Å². The molecule has 6 heteroatoms. The molecule has 1 heterocycles. The summed E-state index contributed by atoms with van der Waals surface area (Å²) in [7, 11) is 2.02. The van der Waals surface area contributed by atoms with E-state index in [-0.39, 0.29) is 5.91 Å². The van der Waals surface area contributed by atoms with Gasteiger partial charge in [-0.3, -0.25) is 4.79 Å². The largest absolute Gasteiger partial charge is 0.334 e. The van der Waals surface area contributed by atoms with Crippen LogP contribution >= 0.6 is 31.9 Å². The average molecular weight is 401 g/mol. The zero-order valence-electron chi connectivity index (χ0n) is 11.1. The average Bonchev–Trinajstić information content (AvgIpc) is 2.44. The van der Waals surface area contributed by atoms with Crippen molar-refractivity contribution >= 4 is 37.8 Å². The first-order valence-electron chi connectivity index (χ1n) is 6.33. The number of amides is 1. The van der Waals surface area contributed by atoms with Crippen molar-refractivity contribution in [1.29, 1.82) is 5.26 Å². The summed E-state index contributed by atoms with van der Waals surface area (Å²) in [6, 6.07) is 7.71. The molecule has 0 spiro atoms. The third-order valence-corrected chi connectivity index (χ3v) is 4.77. The maximum absolute atomic E-state index is 12.4. The summed E-state index contributed by atoms with van der Waals surface area (Å²) in [5.74, 6) is -0.218. The van der Waals surface area contributed by atoms with E-state index in [0.29, 0.717) is 18.4 Å². The van der Waals surface area contributed by atoms with Crippen molar-refractivity contribution in [3.8, 4) is 6.07 Å². The van der Waals surface area contributed by atoms with Gasteiger partial charge in [-0.2, -0.15) is 5.26 Å². The van der Waals surface area contributed by atoms with Crippen molar-refractivity contribution in [2.24, 2.45) is 0 Å². The minimum absolute atomic E-state index is 0.218. The Hall–Kier alpha value is -0.900. The van der Waals surface area contributed by atoms with Gasteiger partial charge in [0.15, 0.2) is 0 Å². The molecular formula is C14H15Br2N3O. The second-order valence-electron chi connectivity index (χ2n) is 5.08. The number of carbonyl (C=O) groups excluding carboxylic acids is 1. The molecule has 0 unspecified atom stereocenters. The smallest absolute Gasteiger partial charge is 0.253 e. The highest BCUT2D eigenvalue weighted by Crippen LogP contribution is 2.25. The monoisotopic (exact) mass is 399 g/mol. The molecule has 0 atom stereocenters. The molecule has 1 aliphatic heterocycles. The van der Waals surface area contributed by atoms with Gasteiger partial charge < -0.3 is 10.2 Å². The van der Waals surface area contributed by atoms with Gasteiger partial charge in [0.25, 0.3) is 5.91 Å². The quantitative estimate of drug-likeness (QED) is 0.830. The van der Waals surface area contributed by atoms with E-state index in [9.17, 15) is 10.1 Å². The third-order valence-electron chi connectivity index (χ3n) is 3.58. The minimum atomic E-state index is -0.759. The van der Waals surface area contributed by atoms with Gasteiger partial charge in [0.1, 0.15) is 5.54 Å². The van der Waals surface area contributed by atoms with Crippen LogP contribution in [0.5, 0.6) is 0 Å². The van der Waals surface area contributed by atoms with Crippen LogP contribution in [-0.2, 0) is 0 Å². The maximum atomic E-state index is 12.4. The molecule has 106 valence electrons. The fraction of sp³-hybridized carbons (Fsp3) is 0.429. The predicted molar refractivity (Wildman–Crippen MR) is 84.4 cm³/mol. The van der Waals surface area contributed by atoms with Crippen LogP contribution in [0.2, 0.25) is 0 Å². The number of hydrogen-bond acceptors (Lipinski definition) is 3. The molecule has 1 fully saturated rings. The lowest BCUT2D eigenvalue weighted by Crippen LogP contribution is -2.53. The molecule has 1 aromatic rings. The topological polar surface area (TPSA) is 56.1 Å². The highest BCUT2D eigenvalue weighted by atomic mass is 79.9. The Balaban J connectivity index is 2.18. The Morgan fingerprint density at radius 3 is 2.65 bits per heavy atom. The SMILES string of the molecule is CN1CCC(C#N)(NC(=O)c2cc(Br)ccc2Br)CC1. The Labute approximate surface area is 135 Å². The minimum Gasteiger partial charge on any atom is -0.334 e. The van der Waals surface area contributed by atoms with E-state index < -0.39 is 5.54 Å². The number of carbonyl (C=O) groups is 1. The molecule has 20 heavy (non-hydrogen) atoms. The number of hydrogen-bond donors (Lipinski definition) is 1. The van der Waals surface area contributed by atoms with Crippen molar-refractivity contribution in [1.82, 2.24) is 10.2 Å². The van der Waals surface area contributed by atoms with Gasteiger partial charge in [0.05, 0.1) is 11.6 Å². The first kappa shape index (κ1) is 15.5. The molecule has 0 radical (unpaired) electrons. The van der Waals surface area contributed by atoms with Crippen LogP contribution in [0, 0.1) is 11.3 Å². The molecule has 1 aromatic carbocycles. The summed E-state index contributed by atoms with van der Waals surface area (Å²) < 4.78 is 1.56. The van der Waals surface area contributed by atoms with E-state index in [4.69, 9.17) is 0 Å². The van der Waals surface area contributed by atoms with Crippen LogP contribution in [0.3, 0.4) is 0 Å². The van der Waals surface area contributed by atoms with E-state index in [1.807, 2.05) is 19.2 Å². The van der Waals surface area contributed by atoms with Gasteiger partial charge in [-0.1, -0.05) is 15.9 Å². The van der Waals surface area contributed by atoms with Crippen LogP contribution in [0.25, 0.3) is 0 Å². The molecule has 0 saturated carbocycles. The number of likely N-dealkylation sites (tertiary alicyclic amines) is 1. The lowest BCUT2D eigenvalue weighted by Gasteiger charge is -2.36. The first-order chi connectivity index (χ1) is 9.46. The first-order valence-corrected chi connectivity index (χ1v) is 7.92. The molecule has 1 saturated heterocycles. The van der Waals surface area contributed by atoms with E-state index in [2.05, 4.69) is 48.1 Å². The van der Waals surface area contributed by atoms with Crippen molar-refractivity contribution in [3.63, 3.8) is 0 Å². The van der Waals surface area contributed by atoms with E-state index in [1.165, 1.54) is 0 Å². The molecule has 0 aliphatic carbocycles. The summed E-state index contributed by atoms with van der Waals surface area (Å²) in [6.07, 6.45) is 1.30. The van der Waals surface area contributed by atoms with Gasteiger partial charge >= 0.3 is 0 Å². The van der Waals surface area contributed by atoms with Crippen molar-refractivity contribution in [2.45, 2.75) is 18.4 Å². The maximum Gasteiger partial charge on any atom is 0.253 e. The lowest BCUT2D eigenvalue weighted by molar-refractivity contribution is 0.0881. The summed E-state index contributed by atoms with van der Waals surface area (Å²) >= 11 is 6.73. The second-order valence-corrected chi connectivity index (χ2v) is 6.85. The van der Waals surface area contributed by atoms with Gasteiger partial charge in [0, 0.05) is 22.0 Å². The van der Waals surface area contributed by atoms with Crippen molar-refractivity contribution < 1.29 is 4.79 Å². The molecular weight excluding hydrogens is 386 g/mol. The van der Waals surface area contributed by atoms with Gasteiger partial charge in [0.2, 0.25) is 0 Å². The zero-order chi connectivity index (χ0) is 14.8. The van der Waals surface area contributed by atoms with Crippen LogP contribution < -0.4 is 5.32 Å². The summed E-state index contributed by atoms with van der Waals surface area (Å²) in [5, 5.41) is 12.4. The molecule has 0 bridgehead atoms. The molecule has 0 aromatic heterocycles. The molecule has 4 nitrogen and oxygen atoms in total. The second kappa shape index (κ2) is 6.25. The fourth-order valence-electron chi connectivity index (χ4n) is 2.22. The number of nitrogens with zero attached hydrogens (tertiary/aromatic N) is 2. The molecule has 1 aliphatic rings. The third kappa shape index (κ3) is 3.40. The summed E-state index contributed by atoms with van der Waals surface area (Å²) in [6.45, 7) is 1.63. The Bertz CT molecular complexity index is 560. The van der Waals surface area contributed by atoms with Crippen LogP contribution in [0.4, 0.5) is 0 Å². The Morgan fingerprint density at radius 1 is 1.40 bits per heavy atom. The number of benzene rings is 1. The highest BCUT2D eigenvalue weighted by Gasteiger charge is 2.35. The van der Waals surface area contributed by atoms with E-state index >= 15 is 0 Å². The fourth-order valence-corrected chi connectivity index (χ4v) is 3.01. The number of piperidine rings is 1. The zero-order valence-corrected chi connectivity index (χ0v) is 14.3. The predicted octanol–water partition coefficient (Wildman–Crippen LogP) is 2.93. The molecule has 1 N–H and O–H groups in total. The number of nitriles is 1. The molecule has 2 rings (SSSR count). The number of nitrogens with one attached hydrogen (secondary N) is 1. The highest BCUT2D eigenvalue weighted by molar-refractivity contribution is 9.11. The molecule has 1 amide bonds. The Morgan fingerprint density at radius 2 is 2.05 bits per heavy atom. The summed E-state index contributed by atoms with van der Waals surface area (Å²) in [5.41, 5.74) is -0.223. The van der Waals surface area contributed by atoms with Crippen LogP contribution in [0.1, 0.15) is 23.2 Å². The van der Waals surface area contributed by atoms with E-state index in [1.54, 1.807) is 6.07 Å². The standard InChI is InChI=1S/C14H15Br2N3O/c1-19-6-4-14(9-17,5-7-19)18-13(20)11-8-10(15)2-3-12(11)16/h2-3,8H,4-7H2,1H3,(H,18,20). The van der Waals surface area contributed by atoms with Crippen LogP contribution in [0.15, 0.2) is 27.1 Å².